The van der Waals surface area contributed by atoms with E-state index in [0.29, 0.717) is 0 Å². The number of aliphatic hydroxyl groups is 1. The predicted octanol–water partition coefficient (Wildman–Crippen LogP) is 1.95. The second kappa shape index (κ2) is 6.19. The van der Waals surface area contributed by atoms with Gasteiger partial charge in [0.15, 0.2) is 0 Å². The summed E-state index contributed by atoms with van der Waals surface area (Å²) in [4.78, 5) is 25.2. The van der Waals surface area contributed by atoms with E-state index >= 15 is 0 Å². The highest BCUT2D eigenvalue weighted by Crippen LogP contribution is 2.24. The molecule has 1 rings (SSSR count). The molecular formula is C14H23NO4. The molecule has 1 heterocycles. The molecule has 1 aliphatic heterocycles. The summed E-state index contributed by atoms with van der Waals surface area (Å²) < 4.78 is 4.95. The summed E-state index contributed by atoms with van der Waals surface area (Å²) in [5, 5.41) is 10.1. The Labute approximate surface area is 114 Å². The van der Waals surface area contributed by atoms with Crippen molar-refractivity contribution in [3.05, 3.63) is 11.6 Å². The average molecular weight is 269 g/mol. The van der Waals surface area contributed by atoms with Crippen molar-refractivity contribution in [2.24, 2.45) is 11.8 Å². The van der Waals surface area contributed by atoms with Crippen LogP contribution in [0, 0.1) is 11.8 Å². The largest absolute Gasteiger partial charge is 0.447 e. The number of rotatable bonds is 4. The fourth-order valence-corrected chi connectivity index (χ4v) is 2.10. The number of cyclic esters (lactones) is 1. The van der Waals surface area contributed by atoms with Crippen LogP contribution in [-0.4, -0.2) is 40.8 Å². The van der Waals surface area contributed by atoms with Crippen molar-refractivity contribution >= 4 is 12.0 Å². The van der Waals surface area contributed by atoms with Gasteiger partial charge in [-0.1, -0.05) is 26.8 Å². The van der Waals surface area contributed by atoms with Gasteiger partial charge in [-0.05, 0) is 25.3 Å². The number of allylic oxidation sites excluding steroid dienone is 1. The van der Waals surface area contributed by atoms with Crippen LogP contribution in [0.1, 0.15) is 34.6 Å². The van der Waals surface area contributed by atoms with Crippen LogP contribution in [0.2, 0.25) is 0 Å². The standard InChI is InChI=1S/C14H23NO4/c1-6-9(4)12(16)10(5)13(17)15-11(8(2)3)7-19-14(15)18/h6,8,10-12,16H,7H2,1-5H3/b9-6+/t10-,11-,12-/m1/s1. The zero-order valence-electron chi connectivity index (χ0n) is 12.2. The van der Waals surface area contributed by atoms with Crippen LogP contribution in [0.3, 0.4) is 0 Å². The van der Waals surface area contributed by atoms with Crippen molar-refractivity contribution in [2.45, 2.75) is 46.8 Å². The molecule has 0 aliphatic carbocycles. The molecule has 0 aromatic carbocycles. The molecular weight excluding hydrogens is 246 g/mol. The van der Waals surface area contributed by atoms with E-state index in [1.165, 1.54) is 0 Å². The lowest BCUT2D eigenvalue weighted by Crippen LogP contribution is -2.46. The molecule has 1 saturated heterocycles. The molecule has 0 bridgehead atoms. The van der Waals surface area contributed by atoms with Crippen LogP contribution in [0.4, 0.5) is 4.79 Å². The summed E-state index contributed by atoms with van der Waals surface area (Å²) in [7, 11) is 0. The topological polar surface area (TPSA) is 66.8 Å². The van der Waals surface area contributed by atoms with Gasteiger partial charge in [0.2, 0.25) is 5.91 Å². The van der Waals surface area contributed by atoms with E-state index in [0.717, 1.165) is 10.5 Å². The molecule has 3 atom stereocenters. The van der Waals surface area contributed by atoms with E-state index in [9.17, 15) is 14.7 Å². The van der Waals surface area contributed by atoms with E-state index in [1.807, 2.05) is 13.8 Å². The second-order valence-electron chi connectivity index (χ2n) is 5.36. The smallest absolute Gasteiger partial charge is 0.416 e. The average Bonchev–Trinajstić information content (AvgIpc) is 2.77. The quantitative estimate of drug-likeness (QED) is 0.792. The molecule has 0 aromatic heterocycles. The summed E-state index contributed by atoms with van der Waals surface area (Å²) in [6.45, 7) is 9.29. The lowest BCUT2D eigenvalue weighted by atomic mass is 9.95. The lowest BCUT2D eigenvalue weighted by molar-refractivity contribution is -0.136. The molecule has 1 fully saturated rings. The highest BCUT2D eigenvalue weighted by atomic mass is 16.6. The summed E-state index contributed by atoms with van der Waals surface area (Å²) >= 11 is 0. The third kappa shape index (κ3) is 3.15. The summed E-state index contributed by atoms with van der Waals surface area (Å²) in [5.74, 6) is -0.916. The van der Waals surface area contributed by atoms with Crippen molar-refractivity contribution < 1.29 is 19.4 Å². The van der Waals surface area contributed by atoms with E-state index in [4.69, 9.17) is 4.74 Å². The molecule has 0 radical (unpaired) electrons. The number of nitrogens with zero attached hydrogens (tertiary/aromatic N) is 1. The van der Waals surface area contributed by atoms with Gasteiger partial charge in [-0.3, -0.25) is 4.79 Å². The van der Waals surface area contributed by atoms with Gasteiger partial charge in [-0.2, -0.15) is 0 Å². The zero-order chi connectivity index (χ0) is 14.7. The Bertz CT molecular complexity index is 389. The van der Waals surface area contributed by atoms with Gasteiger partial charge in [0.1, 0.15) is 6.61 Å². The summed E-state index contributed by atoms with van der Waals surface area (Å²) in [6, 6.07) is -0.249. The Hall–Kier alpha value is -1.36. The summed E-state index contributed by atoms with van der Waals surface area (Å²) in [5.41, 5.74) is 0.717. The first-order valence-electron chi connectivity index (χ1n) is 6.62. The maximum atomic E-state index is 12.4. The molecule has 1 N–H and O–H groups in total. The lowest BCUT2D eigenvalue weighted by Gasteiger charge is -2.27. The van der Waals surface area contributed by atoms with Crippen LogP contribution in [0.25, 0.3) is 0 Å². The van der Waals surface area contributed by atoms with Crippen molar-refractivity contribution in [1.82, 2.24) is 4.90 Å². The zero-order valence-corrected chi connectivity index (χ0v) is 12.2. The Morgan fingerprint density at radius 2 is 2.05 bits per heavy atom. The maximum absolute atomic E-state index is 12.4. The number of aliphatic hydroxyl groups excluding tert-OH is 1. The first kappa shape index (κ1) is 15.7. The Kier molecular flexibility index (Phi) is 5.11. The number of ether oxygens (including phenoxy) is 1. The van der Waals surface area contributed by atoms with Crippen LogP contribution in [0.15, 0.2) is 11.6 Å². The molecule has 5 heteroatoms. The van der Waals surface area contributed by atoms with Gasteiger partial charge in [0.05, 0.1) is 18.1 Å². The highest BCUT2D eigenvalue weighted by Gasteiger charge is 2.42. The first-order chi connectivity index (χ1) is 8.81. The summed E-state index contributed by atoms with van der Waals surface area (Å²) in [6.07, 6.45) is 0.274. The molecule has 19 heavy (non-hydrogen) atoms. The van der Waals surface area contributed by atoms with E-state index in [-0.39, 0.29) is 24.5 Å². The van der Waals surface area contributed by atoms with E-state index < -0.39 is 18.1 Å². The molecule has 108 valence electrons. The van der Waals surface area contributed by atoms with Gasteiger partial charge < -0.3 is 9.84 Å². The molecule has 0 aromatic rings. The molecule has 0 spiro atoms. The normalized spacial score (nSPS) is 23.5. The Balaban J connectivity index is 2.89. The number of amides is 2. The van der Waals surface area contributed by atoms with Crippen LogP contribution in [-0.2, 0) is 9.53 Å². The van der Waals surface area contributed by atoms with Crippen molar-refractivity contribution in [3.8, 4) is 0 Å². The van der Waals surface area contributed by atoms with Crippen LogP contribution in [0.5, 0.6) is 0 Å². The molecule has 1 aliphatic rings. The third-order valence-corrected chi connectivity index (χ3v) is 3.70. The van der Waals surface area contributed by atoms with Gasteiger partial charge in [-0.15, -0.1) is 0 Å². The Morgan fingerprint density at radius 1 is 1.47 bits per heavy atom. The second-order valence-corrected chi connectivity index (χ2v) is 5.36. The van der Waals surface area contributed by atoms with Gasteiger partial charge >= 0.3 is 6.09 Å². The molecule has 0 saturated carbocycles. The molecule has 0 unspecified atom stereocenters. The van der Waals surface area contributed by atoms with Gasteiger partial charge in [0.25, 0.3) is 0 Å². The minimum absolute atomic E-state index is 0.127. The van der Waals surface area contributed by atoms with Crippen molar-refractivity contribution in [3.63, 3.8) is 0 Å². The van der Waals surface area contributed by atoms with Crippen LogP contribution < -0.4 is 0 Å². The van der Waals surface area contributed by atoms with Gasteiger partial charge in [0, 0.05) is 0 Å². The minimum atomic E-state index is -0.876. The third-order valence-electron chi connectivity index (χ3n) is 3.70. The number of carbonyl (C=O) groups is 2. The monoisotopic (exact) mass is 269 g/mol. The van der Waals surface area contributed by atoms with Gasteiger partial charge in [-0.25, -0.2) is 9.69 Å². The Morgan fingerprint density at radius 3 is 2.53 bits per heavy atom. The highest BCUT2D eigenvalue weighted by molar-refractivity contribution is 5.95. The van der Waals surface area contributed by atoms with Crippen molar-refractivity contribution in [2.75, 3.05) is 6.61 Å². The number of hydrogen-bond acceptors (Lipinski definition) is 4. The maximum Gasteiger partial charge on any atom is 0.416 e. The number of hydrogen-bond donors (Lipinski definition) is 1. The minimum Gasteiger partial charge on any atom is -0.447 e. The molecule has 5 nitrogen and oxygen atoms in total. The first-order valence-corrected chi connectivity index (χ1v) is 6.62. The number of imide groups is 1. The SMILES string of the molecule is C/C=C(\C)[C@@H](O)[C@@H](C)C(=O)N1C(=O)OC[C@@H]1C(C)C. The fraction of sp³-hybridized carbons (Fsp3) is 0.714. The molecule has 2 amide bonds. The van der Waals surface area contributed by atoms with Crippen LogP contribution >= 0.6 is 0 Å². The fourth-order valence-electron chi connectivity index (χ4n) is 2.10. The van der Waals surface area contributed by atoms with Crippen molar-refractivity contribution in [1.29, 1.82) is 0 Å². The van der Waals surface area contributed by atoms with E-state index in [1.54, 1.807) is 26.8 Å². The van der Waals surface area contributed by atoms with E-state index in [2.05, 4.69) is 0 Å². The predicted molar refractivity (Wildman–Crippen MR) is 71.4 cm³/mol. The number of carbonyl (C=O) groups excluding carboxylic acids is 2.